The summed E-state index contributed by atoms with van der Waals surface area (Å²) < 4.78 is 22.2. The van der Waals surface area contributed by atoms with Gasteiger partial charge in [-0.2, -0.15) is 0 Å². The zero-order valence-corrected chi connectivity index (χ0v) is 12.8. The summed E-state index contributed by atoms with van der Waals surface area (Å²) in [7, 11) is -3.02. The highest BCUT2D eigenvalue weighted by Gasteiger charge is 2.17. The zero-order chi connectivity index (χ0) is 14.3. The van der Waals surface area contributed by atoms with Crippen LogP contribution in [-0.2, 0) is 14.6 Å². The third-order valence-electron chi connectivity index (χ3n) is 2.50. The van der Waals surface area contributed by atoms with E-state index < -0.39 is 9.84 Å². The van der Waals surface area contributed by atoms with Crippen LogP contribution in [-0.4, -0.2) is 45.0 Å². The average molecular weight is 278 g/mol. The first-order chi connectivity index (χ1) is 8.11. The molecule has 0 aromatic carbocycles. The maximum Gasteiger partial charge on any atom is 0.236 e. The molecule has 0 saturated heterocycles. The topological polar surface area (TPSA) is 75.3 Å². The van der Waals surface area contributed by atoms with E-state index in [0.717, 1.165) is 6.42 Å². The predicted octanol–water partition coefficient (Wildman–Crippen LogP) is 0.560. The second kappa shape index (κ2) is 7.74. The Morgan fingerprint density at radius 3 is 2.17 bits per heavy atom. The van der Waals surface area contributed by atoms with Gasteiger partial charge in [0.25, 0.3) is 0 Å². The van der Waals surface area contributed by atoms with Gasteiger partial charge in [-0.15, -0.1) is 0 Å². The molecule has 108 valence electrons. The number of carbonyl (C=O) groups is 1. The van der Waals surface area contributed by atoms with Gasteiger partial charge in [-0.1, -0.05) is 13.8 Å². The quantitative estimate of drug-likeness (QED) is 0.680. The Morgan fingerprint density at radius 1 is 1.17 bits per heavy atom. The van der Waals surface area contributed by atoms with Crippen LogP contribution in [0.2, 0.25) is 0 Å². The van der Waals surface area contributed by atoms with Crippen LogP contribution in [0.1, 0.15) is 34.1 Å². The van der Waals surface area contributed by atoms with E-state index in [1.807, 2.05) is 0 Å². The number of hydrogen-bond acceptors (Lipinski definition) is 4. The second-order valence-corrected chi connectivity index (χ2v) is 7.54. The van der Waals surface area contributed by atoms with Crippen LogP contribution in [0.15, 0.2) is 0 Å². The molecule has 2 unspecified atom stereocenters. The van der Waals surface area contributed by atoms with Crippen molar-refractivity contribution >= 4 is 15.7 Å². The fourth-order valence-corrected chi connectivity index (χ4v) is 2.65. The molecule has 0 heterocycles. The summed E-state index contributed by atoms with van der Waals surface area (Å²) in [4.78, 5) is 11.7. The molecule has 0 rings (SSSR count). The Balaban J connectivity index is 4.00. The van der Waals surface area contributed by atoms with Gasteiger partial charge in [0.05, 0.1) is 11.8 Å². The molecule has 0 aliphatic carbocycles. The summed E-state index contributed by atoms with van der Waals surface area (Å²) in [6, 6.07) is -0.611. The molecular formula is C12H26N2O3S. The highest BCUT2D eigenvalue weighted by molar-refractivity contribution is 7.90. The minimum Gasteiger partial charge on any atom is -0.355 e. The summed E-state index contributed by atoms with van der Waals surface area (Å²) in [6.07, 6.45) is 2.13. The third-order valence-corrected chi connectivity index (χ3v) is 3.61. The monoisotopic (exact) mass is 278 g/mol. The lowest BCUT2D eigenvalue weighted by Gasteiger charge is -2.19. The van der Waals surface area contributed by atoms with Crippen molar-refractivity contribution in [2.45, 2.75) is 46.2 Å². The maximum absolute atomic E-state index is 11.7. The van der Waals surface area contributed by atoms with Gasteiger partial charge < -0.3 is 10.6 Å². The van der Waals surface area contributed by atoms with Gasteiger partial charge in [0.1, 0.15) is 9.84 Å². The van der Waals surface area contributed by atoms with Crippen molar-refractivity contribution in [2.75, 3.05) is 18.6 Å². The maximum atomic E-state index is 11.7. The molecule has 1 amide bonds. The Hall–Kier alpha value is -0.620. The van der Waals surface area contributed by atoms with Gasteiger partial charge in [-0.05, 0) is 26.2 Å². The van der Waals surface area contributed by atoms with E-state index in [2.05, 4.69) is 24.5 Å². The van der Waals surface area contributed by atoms with E-state index in [0.29, 0.717) is 12.5 Å². The molecule has 2 N–H and O–H groups in total. The van der Waals surface area contributed by atoms with Crippen molar-refractivity contribution in [1.29, 1.82) is 0 Å². The van der Waals surface area contributed by atoms with Crippen molar-refractivity contribution < 1.29 is 13.2 Å². The summed E-state index contributed by atoms with van der Waals surface area (Å²) in [6.45, 7) is 8.36. The number of nitrogens with one attached hydrogen (secondary N) is 2. The van der Waals surface area contributed by atoms with Crippen molar-refractivity contribution in [3.05, 3.63) is 0 Å². The summed E-state index contributed by atoms with van der Waals surface area (Å²) in [5.41, 5.74) is 0. The second-order valence-electron chi connectivity index (χ2n) is 5.36. The molecular weight excluding hydrogens is 252 g/mol. The summed E-state index contributed by atoms with van der Waals surface area (Å²) >= 11 is 0. The first-order valence-electron chi connectivity index (χ1n) is 6.33. The Labute approximate surface area is 111 Å². The van der Waals surface area contributed by atoms with Gasteiger partial charge in [0.15, 0.2) is 0 Å². The lowest BCUT2D eigenvalue weighted by Crippen LogP contribution is -2.47. The zero-order valence-electron chi connectivity index (χ0n) is 12.0. The molecule has 0 aromatic rings. The van der Waals surface area contributed by atoms with E-state index in [4.69, 9.17) is 0 Å². The Bertz CT molecular complexity index is 352. The molecule has 6 heteroatoms. The molecule has 18 heavy (non-hydrogen) atoms. The lowest BCUT2D eigenvalue weighted by atomic mass is 10.1. The average Bonchev–Trinajstić information content (AvgIpc) is 2.13. The number of rotatable bonds is 8. The van der Waals surface area contributed by atoms with Crippen LogP contribution < -0.4 is 10.6 Å². The van der Waals surface area contributed by atoms with E-state index in [1.54, 1.807) is 13.8 Å². The summed E-state index contributed by atoms with van der Waals surface area (Å²) in [5.74, 6) is 0.505. The minimum absolute atomic E-state index is 0.0383. The smallest absolute Gasteiger partial charge is 0.236 e. The van der Waals surface area contributed by atoms with E-state index in [9.17, 15) is 13.2 Å². The van der Waals surface area contributed by atoms with Crippen molar-refractivity contribution in [1.82, 2.24) is 10.6 Å². The standard InChI is InChI=1S/C12H26N2O3S/c1-9(2)6-7-13-12(15)11(4)14-10(3)8-18(5,16)17/h9-11,14H,6-8H2,1-5H3,(H,13,15). The molecule has 0 aromatic heterocycles. The van der Waals surface area contributed by atoms with E-state index >= 15 is 0 Å². The van der Waals surface area contributed by atoms with Crippen molar-refractivity contribution in [3.8, 4) is 0 Å². The largest absolute Gasteiger partial charge is 0.355 e. The first kappa shape index (κ1) is 17.4. The van der Waals surface area contributed by atoms with E-state index in [1.165, 1.54) is 6.26 Å². The van der Waals surface area contributed by atoms with Crippen LogP contribution in [0, 0.1) is 5.92 Å². The van der Waals surface area contributed by atoms with Crippen molar-refractivity contribution in [3.63, 3.8) is 0 Å². The highest BCUT2D eigenvalue weighted by Crippen LogP contribution is 1.97. The third kappa shape index (κ3) is 9.41. The molecule has 0 fully saturated rings. The van der Waals surface area contributed by atoms with Gasteiger partial charge in [0, 0.05) is 18.8 Å². The van der Waals surface area contributed by atoms with Crippen LogP contribution in [0.5, 0.6) is 0 Å². The van der Waals surface area contributed by atoms with Crippen LogP contribution in [0.25, 0.3) is 0 Å². The molecule has 5 nitrogen and oxygen atoms in total. The number of hydrogen-bond donors (Lipinski definition) is 2. The molecule has 0 aliphatic rings. The SMILES string of the molecule is CC(C)CCNC(=O)C(C)NC(C)CS(C)(=O)=O. The molecule has 2 atom stereocenters. The Morgan fingerprint density at radius 2 is 1.72 bits per heavy atom. The van der Waals surface area contributed by atoms with Gasteiger partial charge >= 0.3 is 0 Å². The minimum atomic E-state index is -3.02. The van der Waals surface area contributed by atoms with Gasteiger partial charge in [-0.3, -0.25) is 4.79 Å². The molecule has 0 saturated carbocycles. The molecule has 0 spiro atoms. The molecule has 0 radical (unpaired) electrons. The number of sulfone groups is 1. The summed E-state index contributed by atoms with van der Waals surface area (Å²) in [5, 5.41) is 5.81. The molecule has 0 aliphatic heterocycles. The van der Waals surface area contributed by atoms with Crippen LogP contribution >= 0.6 is 0 Å². The first-order valence-corrected chi connectivity index (χ1v) is 8.39. The number of carbonyl (C=O) groups excluding carboxylic acids is 1. The fraction of sp³-hybridized carbons (Fsp3) is 0.917. The number of amides is 1. The fourth-order valence-electron chi connectivity index (χ4n) is 1.64. The molecule has 0 bridgehead atoms. The predicted molar refractivity (Wildman–Crippen MR) is 74.2 cm³/mol. The van der Waals surface area contributed by atoms with Crippen molar-refractivity contribution in [2.24, 2.45) is 5.92 Å². The van der Waals surface area contributed by atoms with Crippen LogP contribution in [0.3, 0.4) is 0 Å². The highest BCUT2D eigenvalue weighted by atomic mass is 32.2. The van der Waals surface area contributed by atoms with E-state index in [-0.39, 0.29) is 23.7 Å². The normalized spacial score (nSPS) is 15.4. The van der Waals surface area contributed by atoms with Gasteiger partial charge in [-0.25, -0.2) is 8.42 Å². The Kier molecular flexibility index (Phi) is 7.47. The lowest BCUT2D eigenvalue weighted by molar-refractivity contribution is -0.122. The van der Waals surface area contributed by atoms with Gasteiger partial charge in [0.2, 0.25) is 5.91 Å². The van der Waals surface area contributed by atoms with Crippen LogP contribution in [0.4, 0.5) is 0 Å².